The molecule has 1 aromatic heterocycles. The van der Waals surface area contributed by atoms with Crippen molar-refractivity contribution in [2.45, 2.75) is 76.0 Å². The minimum Gasteiger partial charge on any atom is -0.349 e. The zero-order chi connectivity index (χ0) is 23.5. The lowest BCUT2D eigenvalue weighted by atomic mass is 9.88. The molecule has 2 amide bonds. The summed E-state index contributed by atoms with van der Waals surface area (Å²) in [6, 6.07) is 14.8. The van der Waals surface area contributed by atoms with Crippen LogP contribution >= 0.6 is 0 Å². The Labute approximate surface area is 202 Å². The highest BCUT2D eigenvalue weighted by molar-refractivity contribution is 5.82. The van der Waals surface area contributed by atoms with E-state index in [0.717, 1.165) is 58.2 Å². The van der Waals surface area contributed by atoms with Crippen LogP contribution in [0.4, 0.5) is 0 Å². The van der Waals surface area contributed by atoms with Crippen molar-refractivity contribution in [2.24, 2.45) is 5.92 Å². The third kappa shape index (κ3) is 4.88. The smallest absolute Gasteiger partial charge is 0.226 e. The highest BCUT2D eigenvalue weighted by atomic mass is 16.2. The highest BCUT2D eigenvalue weighted by Gasteiger charge is 2.53. The second kappa shape index (κ2) is 9.87. The average Bonchev–Trinajstić information content (AvgIpc) is 3.01. The van der Waals surface area contributed by atoms with E-state index in [-0.39, 0.29) is 29.4 Å². The summed E-state index contributed by atoms with van der Waals surface area (Å²) in [7, 11) is 0. The number of pyridine rings is 1. The number of hydrogen-bond donors (Lipinski definition) is 1. The first kappa shape index (κ1) is 23.0. The molecule has 3 atom stereocenters. The number of benzene rings is 1. The van der Waals surface area contributed by atoms with Crippen LogP contribution < -0.4 is 5.32 Å². The van der Waals surface area contributed by atoms with Gasteiger partial charge in [-0.15, -0.1) is 0 Å². The van der Waals surface area contributed by atoms with Gasteiger partial charge in [0, 0.05) is 37.3 Å². The zero-order valence-corrected chi connectivity index (χ0v) is 20.2. The Bertz CT molecular complexity index is 990. The van der Waals surface area contributed by atoms with Crippen molar-refractivity contribution in [1.29, 1.82) is 0 Å². The molecule has 180 valence electrons. The highest BCUT2D eigenvalue weighted by Crippen LogP contribution is 2.41. The molecule has 0 radical (unpaired) electrons. The number of rotatable bonds is 5. The van der Waals surface area contributed by atoms with Crippen molar-refractivity contribution in [3.05, 3.63) is 66.0 Å². The van der Waals surface area contributed by atoms with Crippen molar-refractivity contribution in [1.82, 2.24) is 20.1 Å². The molecule has 5 rings (SSSR count). The average molecular weight is 461 g/mol. The maximum atomic E-state index is 14.0. The number of carbonyl (C=O) groups is 2. The molecule has 3 aliphatic rings. The summed E-state index contributed by atoms with van der Waals surface area (Å²) < 4.78 is 0. The van der Waals surface area contributed by atoms with E-state index in [9.17, 15) is 9.59 Å². The van der Waals surface area contributed by atoms with Crippen LogP contribution in [-0.4, -0.2) is 57.3 Å². The molecule has 3 saturated heterocycles. The third-order valence-corrected chi connectivity index (χ3v) is 8.07. The molecule has 3 aliphatic heterocycles. The van der Waals surface area contributed by atoms with Crippen LogP contribution in [0.5, 0.6) is 0 Å². The molecule has 0 spiro atoms. The molecule has 3 fully saturated rings. The summed E-state index contributed by atoms with van der Waals surface area (Å²) >= 11 is 0. The number of hydrogen-bond acceptors (Lipinski definition) is 4. The lowest BCUT2D eigenvalue weighted by molar-refractivity contribution is -0.141. The number of fused-ring (bicyclic) bond motifs is 1. The van der Waals surface area contributed by atoms with Crippen LogP contribution in [0.2, 0.25) is 0 Å². The fourth-order valence-electron chi connectivity index (χ4n) is 6.40. The van der Waals surface area contributed by atoms with Crippen LogP contribution in [0.15, 0.2) is 54.9 Å². The van der Waals surface area contributed by atoms with E-state index in [2.05, 4.69) is 57.4 Å². The summed E-state index contributed by atoms with van der Waals surface area (Å²) in [6.07, 6.45) is 9.48. The standard InChI is InChI=1S/C28H36N4O2/c1-28-18-24(17-21-7-3-2-4-8-21)32(25(28)10-5-11-26(33)30-28)27(34)23-12-15-31(16-13-23)20-22-9-6-14-29-19-22/h2-4,6-9,14,19,23-25H,5,10-13,15-18,20H2,1H3,(H,30,33)/t24-,25+,28+/m1/s1. The third-order valence-electron chi connectivity index (χ3n) is 8.07. The maximum absolute atomic E-state index is 14.0. The Morgan fingerprint density at radius 2 is 1.85 bits per heavy atom. The molecular weight excluding hydrogens is 424 g/mol. The Kier molecular flexibility index (Phi) is 6.68. The van der Waals surface area contributed by atoms with Crippen LogP contribution in [0, 0.1) is 5.92 Å². The normalized spacial score (nSPS) is 28.3. The predicted molar refractivity (Wildman–Crippen MR) is 132 cm³/mol. The van der Waals surface area contributed by atoms with Crippen molar-refractivity contribution < 1.29 is 9.59 Å². The molecule has 1 N–H and O–H groups in total. The first-order valence-corrected chi connectivity index (χ1v) is 12.8. The van der Waals surface area contributed by atoms with Gasteiger partial charge in [0.05, 0.1) is 11.6 Å². The first-order chi connectivity index (χ1) is 16.5. The summed E-state index contributed by atoms with van der Waals surface area (Å²) in [5, 5.41) is 3.31. The number of nitrogens with zero attached hydrogens (tertiary/aromatic N) is 3. The molecule has 6 nitrogen and oxygen atoms in total. The number of likely N-dealkylation sites (tertiary alicyclic amines) is 2. The van der Waals surface area contributed by atoms with Gasteiger partial charge < -0.3 is 10.2 Å². The molecule has 34 heavy (non-hydrogen) atoms. The van der Waals surface area contributed by atoms with E-state index in [1.165, 1.54) is 11.1 Å². The zero-order valence-electron chi connectivity index (χ0n) is 20.2. The van der Waals surface area contributed by atoms with Crippen molar-refractivity contribution >= 4 is 11.8 Å². The van der Waals surface area contributed by atoms with Gasteiger partial charge in [0.25, 0.3) is 0 Å². The Morgan fingerprint density at radius 3 is 2.59 bits per heavy atom. The van der Waals surface area contributed by atoms with Crippen molar-refractivity contribution in [3.63, 3.8) is 0 Å². The minimum absolute atomic E-state index is 0.0599. The van der Waals surface area contributed by atoms with Crippen LogP contribution in [0.3, 0.4) is 0 Å². The fraction of sp³-hybridized carbons (Fsp3) is 0.536. The molecule has 0 saturated carbocycles. The summed E-state index contributed by atoms with van der Waals surface area (Å²) in [5.74, 6) is 0.484. The largest absolute Gasteiger partial charge is 0.349 e. The summed E-state index contributed by atoms with van der Waals surface area (Å²) in [6.45, 7) is 4.91. The number of aromatic nitrogens is 1. The van der Waals surface area contributed by atoms with E-state index < -0.39 is 0 Å². The predicted octanol–water partition coefficient (Wildman–Crippen LogP) is 3.56. The van der Waals surface area contributed by atoms with Crippen LogP contribution in [0.25, 0.3) is 0 Å². The van der Waals surface area contributed by atoms with Gasteiger partial charge in [-0.25, -0.2) is 0 Å². The Balaban J connectivity index is 1.31. The van der Waals surface area contributed by atoms with E-state index >= 15 is 0 Å². The topological polar surface area (TPSA) is 65.5 Å². The van der Waals surface area contributed by atoms with Gasteiger partial charge in [0.1, 0.15) is 0 Å². The monoisotopic (exact) mass is 460 g/mol. The Hall–Kier alpha value is -2.73. The quantitative estimate of drug-likeness (QED) is 0.741. The number of nitrogens with one attached hydrogen (secondary N) is 1. The first-order valence-electron chi connectivity index (χ1n) is 12.8. The second-order valence-corrected chi connectivity index (χ2v) is 10.6. The number of carbonyl (C=O) groups excluding carboxylic acids is 2. The van der Waals surface area contributed by atoms with Gasteiger partial charge in [0.15, 0.2) is 0 Å². The SMILES string of the molecule is C[C@]12C[C@@H](Cc3ccccc3)N(C(=O)C3CCN(Cc4cccnc4)CC3)[C@H]1CCCC(=O)N2. The number of amides is 2. The number of piperidine rings is 1. The molecule has 4 heterocycles. The van der Waals surface area contributed by atoms with Gasteiger partial charge in [-0.3, -0.25) is 19.5 Å². The lowest BCUT2D eigenvalue weighted by Crippen LogP contribution is -2.55. The molecule has 1 aromatic carbocycles. The van der Waals surface area contributed by atoms with Crippen molar-refractivity contribution in [3.8, 4) is 0 Å². The van der Waals surface area contributed by atoms with Gasteiger partial charge in [-0.2, -0.15) is 0 Å². The lowest BCUT2D eigenvalue weighted by Gasteiger charge is -2.39. The van der Waals surface area contributed by atoms with E-state index in [0.29, 0.717) is 12.3 Å². The van der Waals surface area contributed by atoms with Gasteiger partial charge in [0.2, 0.25) is 11.8 Å². The maximum Gasteiger partial charge on any atom is 0.226 e. The minimum atomic E-state index is -0.344. The van der Waals surface area contributed by atoms with E-state index in [1.807, 2.05) is 18.3 Å². The van der Waals surface area contributed by atoms with Crippen molar-refractivity contribution in [2.75, 3.05) is 13.1 Å². The molecule has 0 bridgehead atoms. The molecule has 6 heteroatoms. The molecule has 2 aromatic rings. The molecular formula is C28H36N4O2. The van der Waals surface area contributed by atoms with Gasteiger partial charge in [-0.1, -0.05) is 36.4 Å². The van der Waals surface area contributed by atoms with Crippen LogP contribution in [-0.2, 0) is 22.6 Å². The van der Waals surface area contributed by atoms with Gasteiger partial charge in [-0.05, 0) is 75.7 Å². The summed E-state index contributed by atoms with van der Waals surface area (Å²) in [5.41, 5.74) is 2.13. The van der Waals surface area contributed by atoms with Gasteiger partial charge >= 0.3 is 0 Å². The van der Waals surface area contributed by atoms with Crippen LogP contribution in [0.1, 0.15) is 56.6 Å². The second-order valence-electron chi connectivity index (χ2n) is 10.6. The molecule has 0 unspecified atom stereocenters. The fourth-order valence-corrected chi connectivity index (χ4v) is 6.40. The van der Waals surface area contributed by atoms with E-state index in [4.69, 9.17) is 0 Å². The molecule has 0 aliphatic carbocycles. The van der Waals surface area contributed by atoms with E-state index in [1.54, 1.807) is 6.20 Å². The Morgan fingerprint density at radius 1 is 1.09 bits per heavy atom. The summed E-state index contributed by atoms with van der Waals surface area (Å²) in [4.78, 5) is 35.3.